The third kappa shape index (κ3) is 3.42. The van der Waals surface area contributed by atoms with Crippen LogP contribution in [-0.2, 0) is 0 Å². The van der Waals surface area contributed by atoms with Gasteiger partial charge in [-0.1, -0.05) is 44.9 Å². The van der Waals surface area contributed by atoms with Crippen LogP contribution in [0.5, 0.6) is 0 Å². The molecule has 3 unspecified atom stereocenters. The molecule has 1 aromatic rings. The number of halogens is 2. The SMILES string of the molecule is CC1CCC(C(C)C)C(Nc2c(F)cccc2Cl)C1. The normalized spacial score (nSPS) is 27.6. The lowest BCUT2D eigenvalue weighted by Crippen LogP contribution is -2.38. The molecule has 1 aliphatic rings. The Bertz CT molecular complexity index is 413. The first-order valence-corrected chi connectivity index (χ1v) is 7.57. The lowest BCUT2D eigenvalue weighted by Gasteiger charge is -2.38. The Balaban J connectivity index is 2.19. The Kier molecular flexibility index (Phi) is 4.72. The summed E-state index contributed by atoms with van der Waals surface area (Å²) in [5, 5.41) is 3.85. The summed E-state index contributed by atoms with van der Waals surface area (Å²) in [7, 11) is 0. The van der Waals surface area contributed by atoms with Crippen molar-refractivity contribution in [3.8, 4) is 0 Å². The van der Waals surface area contributed by atoms with E-state index in [1.165, 1.54) is 18.9 Å². The zero-order valence-electron chi connectivity index (χ0n) is 11.9. The van der Waals surface area contributed by atoms with Crippen LogP contribution in [0.4, 0.5) is 10.1 Å². The first-order valence-electron chi connectivity index (χ1n) is 7.19. The Morgan fingerprint density at radius 3 is 2.68 bits per heavy atom. The van der Waals surface area contributed by atoms with Crippen molar-refractivity contribution in [2.75, 3.05) is 5.32 Å². The molecule has 1 saturated carbocycles. The smallest absolute Gasteiger partial charge is 0.147 e. The molecule has 0 bridgehead atoms. The van der Waals surface area contributed by atoms with Gasteiger partial charge in [0, 0.05) is 6.04 Å². The van der Waals surface area contributed by atoms with Gasteiger partial charge in [0.2, 0.25) is 0 Å². The van der Waals surface area contributed by atoms with Crippen LogP contribution >= 0.6 is 11.6 Å². The fourth-order valence-corrected chi connectivity index (χ4v) is 3.41. The zero-order chi connectivity index (χ0) is 14.0. The van der Waals surface area contributed by atoms with E-state index >= 15 is 0 Å². The van der Waals surface area contributed by atoms with Gasteiger partial charge in [0.05, 0.1) is 10.7 Å². The Morgan fingerprint density at radius 2 is 2.05 bits per heavy atom. The highest BCUT2D eigenvalue weighted by Gasteiger charge is 2.31. The van der Waals surface area contributed by atoms with Crippen molar-refractivity contribution in [3.63, 3.8) is 0 Å². The van der Waals surface area contributed by atoms with Crippen molar-refractivity contribution in [1.82, 2.24) is 0 Å². The van der Waals surface area contributed by atoms with Gasteiger partial charge in [0.1, 0.15) is 5.82 Å². The highest BCUT2D eigenvalue weighted by molar-refractivity contribution is 6.33. The van der Waals surface area contributed by atoms with Gasteiger partial charge < -0.3 is 5.32 Å². The molecule has 1 aliphatic carbocycles. The van der Waals surface area contributed by atoms with Crippen LogP contribution in [0.1, 0.15) is 40.0 Å². The molecule has 1 fully saturated rings. The minimum absolute atomic E-state index is 0.256. The maximum atomic E-state index is 13.9. The Labute approximate surface area is 120 Å². The molecule has 19 heavy (non-hydrogen) atoms. The molecule has 0 radical (unpaired) electrons. The van der Waals surface area contributed by atoms with E-state index in [4.69, 9.17) is 11.6 Å². The van der Waals surface area contributed by atoms with Crippen molar-refractivity contribution >= 4 is 17.3 Å². The van der Waals surface area contributed by atoms with Gasteiger partial charge in [-0.05, 0) is 42.7 Å². The summed E-state index contributed by atoms with van der Waals surface area (Å²) in [4.78, 5) is 0. The minimum Gasteiger partial charge on any atom is -0.378 e. The van der Waals surface area contributed by atoms with Crippen molar-refractivity contribution in [1.29, 1.82) is 0 Å². The number of benzene rings is 1. The summed E-state index contributed by atoms with van der Waals surface area (Å²) in [6.45, 7) is 6.77. The molecule has 3 atom stereocenters. The summed E-state index contributed by atoms with van der Waals surface area (Å²) in [5.74, 6) is 1.63. The lowest BCUT2D eigenvalue weighted by molar-refractivity contribution is 0.211. The van der Waals surface area contributed by atoms with Gasteiger partial charge in [0.25, 0.3) is 0 Å². The quantitative estimate of drug-likeness (QED) is 0.788. The molecular weight excluding hydrogens is 261 g/mol. The second kappa shape index (κ2) is 6.13. The maximum Gasteiger partial charge on any atom is 0.147 e. The summed E-state index contributed by atoms with van der Waals surface area (Å²) >= 11 is 6.11. The first kappa shape index (κ1) is 14.6. The van der Waals surface area contributed by atoms with Gasteiger partial charge in [-0.2, -0.15) is 0 Å². The monoisotopic (exact) mass is 283 g/mol. The van der Waals surface area contributed by atoms with Crippen LogP contribution in [0.15, 0.2) is 18.2 Å². The van der Waals surface area contributed by atoms with Crippen molar-refractivity contribution in [3.05, 3.63) is 29.0 Å². The number of anilines is 1. The summed E-state index contributed by atoms with van der Waals surface area (Å²) in [6, 6.07) is 5.17. The first-order chi connectivity index (χ1) is 8.99. The Morgan fingerprint density at radius 1 is 1.32 bits per heavy atom. The van der Waals surface area contributed by atoms with Crippen molar-refractivity contribution < 1.29 is 4.39 Å². The van der Waals surface area contributed by atoms with Crippen LogP contribution in [0.25, 0.3) is 0 Å². The molecule has 1 N–H and O–H groups in total. The predicted molar refractivity (Wildman–Crippen MR) is 80.2 cm³/mol. The second-order valence-electron chi connectivity index (χ2n) is 6.17. The lowest BCUT2D eigenvalue weighted by atomic mass is 9.74. The van der Waals surface area contributed by atoms with Crippen LogP contribution in [0, 0.1) is 23.6 Å². The van der Waals surface area contributed by atoms with E-state index in [2.05, 4.69) is 26.1 Å². The fourth-order valence-electron chi connectivity index (χ4n) is 3.19. The number of para-hydroxylation sites is 1. The highest BCUT2D eigenvalue weighted by atomic mass is 35.5. The molecule has 0 aromatic heterocycles. The van der Waals surface area contributed by atoms with Gasteiger partial charge in [-0.25, -0.2) is 4.39 Å². The van der Waals surface area contributed by atoms with Crippen LogP contribution in [0.2, 0.25) is 5.02 Å². The molecular formula is C16H23ClFN. The molecule has 3 heteroatoms. The summed E-state index contributed by atoms with van der Waals surface area (Å²) in [5.41, 5.74) is 0.467. The van der Waals surface area contributed by atoms with Crippen molar-refractivity contribution in [2.24, 2.45) is 17.8 Å². The number of hydrogen-bond acceptors (Lipinski definition) is 1. The van der Waals surface area contributed by atoms with E-state index in [0.717, 1.165) is 6.42 Å². The Hall–Kier alpha value is -0.760. The van der Waals surface area contributed by atoms with Gasteiger partial charge in [-0.15, -0.1) is 0 Å². The van der Waals surface area contributed by atoms with Gasteiger partial charge >= 0.3 is 0 Å². The molecule has 106 valence electrons. The van der Waals surface area contributed by atoms with E-state index in [1.807, 2.05) is 0 Å². The molecule has 0 heterocycles. The second-order valence-corrected chi connectivity index (χ2v) is 6.58. The van der Waals surface area contributed by atoms with E-state index in [9.17, 15) is 4.39 Å². The average Bonchev–Trinajstić information content (AvgIpc) is 2.33. The van der Waals surface area contributed by atoms with E-state index in [0.29, 0.717) is 34.5 Å². The summed E-state index contributed by atoms with van der Waals surface area (Å²) in [6.07, 6.45) is 3.57. The summed E-state index contributed by atoms with van der Waals surface area (Å²) < 4.78 is 13.9. The van der Waals surface area contributed by atoms with E-state index in [1.54, 1.807) is 12.1 Å². The highest BCUT2D eigenvalue weighted by Crippen LogP contribution is 2.37. The maximum absolute atomic E-state index is 13.9. The molecule has 0 amide bonds. The standard InChI is InChI=1S/C16H23ClFN/c1-10(2)12-8-7-11(3)9-15(12)19-16-13(17)5-4-6-14(16)18/h4-6,10-12,15,19H,7-9H2,1-3H3. The third-order valence-electron chi connectivity index (χ3n) is 4.31. The molecule has 0 aliphatic heterocycles. The molecule has 0 saturated heterocycles. The number of rotatable bonds is 3. The van der Waals surface area contributed by atoms with Crippen LogP contribution in [-0.4, -0.2) is 6.04 Å². The largest absolute Gasteiger partial charge is 0.378 e. The topological polar surface area (TPSA) is 12.0 Å². The molecule has 2 rings (SSSR count). The molecule has 1 nitrogen and oxygen atoms in total. The van der Waals surface area contributed by atoms with Gasteiger partial charge in [-0.3, -0.25) is 0 Å². The van der Waals surface area contributed by atoms with E-state index in [-0.39, 0.29) is 5.82 Å². The van der Waals surface area contributed by atoms with E-state index < -0.39 is 0 Å². The number of nitrogens with one attached hydrogen (secondary N) is 1. The number of hydrogen-bond donors (Lipinski definition) is 1. The average molecular weight is 284 g/mol. The predicted octanol–water partition coefficient (Wildman–Crippen LogP) is 5.35. The zero-order valence-corrected chi connectivity index (χ0v) is 12.7. The minimum atomic E-state index is -0.256. The van der Waals surface area contributed by atoms with Crippen molar-refractivity contribution in [2.45, 2.75) is 46.1 Å². The van der Waals surface area contributed by atoms with Gasteiger partial charge in [0.15, 0.2) is 0 Å². The fraction of sp³-hybridized carbons (Fsp3) is 0.625. The van der Waals surface area contributed by atoms with Crippen LogP contribution in [0.3, 0.4) is 0 Å². The molecule has 1 aromatic carbocycles. The third-order valence-corrected chi connectivity index (χ3v) is 4.63. The molecule has 0 spiro atoms. The van der Waals surface area contributed by atoms with Crippen LogP contribution < -0.4 is 5.32 Å².